The van der Waals surface area contributed by atoms with Gasteiger partial charge in [0.15, 0.2) is 0 Å². The molecule has 2 aromatic carbocycles. The zero-order chi connectivity index (χ0) is 21.6. The molecule has 2 heterocycles. The number of hydroxylamine groups is 1. The van der Waals surface area contributed by atoms with Gasteiger partial charge >= 0.3 is 0 Å². The number of nitrogens with one attached hydrogen (secondary N) is 3. The minimum atomic E-state index is -0.421. The molecule has 10 heteroatoms. The van der Waals surface area contributed by atoms with Crippen molar-refractivity contribution in [2.45, 2.75) is 19.4 Å². The predicted octanol–water partition coefficient (Wildman–Crippen LogP) is 4.25. The van der Waals surface area contributed by atoms with Crippen LogP contribution >= 0.6 is 11.6 Å². The lowest BCUT2D eigenvalue weighted by molar-refractivity contribution is -0.129. The van der Waals surface area contributed by atoms with Gasteiger partial charge in [-0.25, -0.2) is 10.5 Å². The highest BCUT2D eigenvalue weighted by molar-refractivity contribution is 6.30. The van der Waals surface area contributed by atoms with E-state index in [0.29, 0.717) is 29.8 Å². The molecular formula is C21H20ClN7O2. The van der Waals surface area contributed by atoms with Gasteiger partial charge in [-0.1, -0.05) is 29.8 Å². The number of aryl methyl sites for hydroxylation is 1. The van der Waals surface area contributed by atoms with E-state index in [2.05, 4.69) is 25.7 Å². The van der Waals surface area contributed by atoms with E-state index >= 15 is 0 Å². The van der Waals surface area contributed by atoms with Crippen LogP contribution in [-0.2, 0) is 11.3 Å². The molecule has 158 valence electrons. The normalized spacial score (nSPS) is 10.8. The maximum atomic E-state index is 11.1. The van der Waals surface area contributed by atoms with Gasteiger partial charge in [0.25, 0.3) is 0 Å². The summed E-state index contributed by atoms with van der Waals surface area (Å²) in [4.78, 5) is 20.3. The Morgan fingerprint density at radius 1 is 1.06 bits per heavy atom. The van der Waals surface area contributed by atoms with Gasteiger partial charge in [0.1, 0.15) is 5.82 Å². The van der Waals surface area contributed by atoms with Crippen LogP contribution in [0, 0.1) is 0 Å². The van der Waals surface area contributed by atoms with Gasteiger partial charge in [0.2, 0.25) is 11.9 Å². The van der Waals surface area contributed by atoms with Crippen molar-refractivity contribution in [1.29, 1.82) is 0 Å². The molecule has 0 aliphatic heterocycles. The molecule has 0 saturated carbocycles. The van der Waals surface area contributed by atoms with Crippen LogP contribution in [0.25, 0.3) is 10.9 Å². The van der Waals surface area contributed by atoms with Crippen LogP contribution in [0.1, 0.15) is 12.8 Å². The number of anilines is 4. The fourth-order valence-electron chi connectivity index (χ4n) is 3.07. The van der Waals surface area contributed by atoms with Crippen molar-refractivity contribution in [3.05, 3.63) is 65.9 Å². The Labute approximate surface area is 183 Å². The Morgan fingerprint density at radius 2 is 1.94 bits per heavy atom. The fraction of sp³-hybridized carbons (Fsp3) is 0.143. The van der Waals surface area contributed by atoms with Crippen LogP contribution in [0.5, 0.6) is 0 Å². The van der Waals surface area contributed by atoms with Crippen LogP contribution in [-0.4, -0.2) is 30.9 Å². The lowest BCUT2D eigenvalue weighted by atomic mass is 10.2. The molecule has 0 bridgehead atoms. The average molecular weight is 438 g/mol. The first kappa shape index (κ1) is 20.6. The molecule has 4 rings (SSSR count). The molecule has 1 amide bonds. The second-order valence-corrected chi connectivity index (χ2v) is 7.24. The van der Waals surface area contributed by atoms with E-state index in [-0.39, 0.29) is 6.42 Å². The first-order valence-corrected chi connectivity index (χ1v) is 10.0. The number of para-hydroxylation sites is 1. The molecule has 0 aliphatic rings. The summed E-state index contributed by atoms with van der Waals surface area (Å²) in [6, 6.07) is 15.1. The number of rotatable bonds is 8. The number of halogens is 1. The predicted molar refractivity (Wildman–Crippen MR) is 119 cm³/mol. The molecule has 9 nitrogen and oxygen atoms in total. The summed E-state index contributed by atoms with van der Waals surface area (Å²) >= 11 is 6.10. The van der Waals surface area contributed by atoms with E-state index in [1.807, 2.05) is 48.5 Å². The Kier molecular flexibility index (Phi) is 6.25. The smallest absolute Gasteiger partial charge is 0.243 e. The van der Waals surface area contributed by atoms with E-state index in [4.69, 9.17) is 16.8 Å². The molecular weight excluding hydrogens is 418 g/mol. The van der Waals surface area contributed by atoms with Crippen LogP contribution in [0.15, 0.2) is 60.9 Å². The molecule has 31 heavy (non-hydrogen) atoms. The largest absolute Gasteiger partial charge is 0.340 e. The SMILES string of the molecule is O=C(CCCn1cc(Nc2nc(Nc3cccc(Cl)c3)c3ccccc3n2)cn1)NO. The van der Waals surface area contributed by atoms with Crippen LogP contribution < -0.4 is 16.1 Å². The number of hydrogen-bond donors (Lipinski definition) is 4. The Balaban J connectivity index is 1.54. The first-order chi connectivity index (χ1) is 15.1. The van der Waals surface area contributed by atoms with Gasteiger partial charge in [0.05, 0.1) is 17.4 Å². The van der Waals surface area contributed by atoms with Gasteiger partial charge < -0.3 is 10.6 Å². The van der Waals surface area contributed by atoms with Crippen molar-refractivity contribution in [1.82, 2.24) is 25.2 Å². The lowest BCUT2D eigenvalue weighted by Gasteiger charge is -2.11. The standard InChI is InChI=1S/C21H20ClN7O2/c22-14-5-3-6-15(11-14)24-20-17-7-1-2-8-18(17)26-21(27-20)25-16-12-23-29(13-16)10-4-9-19(30)28-31/h1-3,5-8,11-13,31H,4,9-10H2,(H,28,30)(H2,24,25,26,27). The first-order valence-electron chi connectivity index (χ1n) is 9.62. The molecule has 0 unspecified atom stereocenters. The molecule has 0 radical (unpaired) electrons. The topological polar surface area (TPSA) is 117 Å². The molecule has 2 aromatic heterocycles. The summed E-state index contributed by atoms with van der Waals surface area (Å²) in [7, 11) is 0. The monoisotopic (exact) mass is 437 g/mol. The number of hydrogen-bond acceptors (Lipinski definition) is 7. The number of carbonyl (C=O) groups excluding carboxylic acids is 1. The summed E-state index contributed by atoms with van der Waals surface area (Å²) in [5.41, 5.74) is 3.94. The molecule has 0 spiro atoms. The van der Waals surface area contributed by atoms with Crippen molar-refractivity contribution in [3.63, 3.8) is 0 Å². The number of fused-ring (bicyclic) bond motifs is 1. The summed E-state index contributed by atoms with van der Waals surface area (Å²) in [6.07, 6.45) is 4.23. The Hall–Kier alpha value is -3.69. The second kappa shape index (κ2) is 9.41. The molecule has 0 saturated heterocycles. The molecule has 4 aromatic rings. The highest BCUT2D eigenvalue weighted by atomic mass is 35.5. The minimum Gasteiger partial charge on any atom is -0.340 e. The van der Waals surface area contributed by atoms with E-state index < -0.39 is 5.91 Å². The summed E-state index contributed by atoms with van der Waals surface area (Å²) in [5, 5.41) is 20.8. The number of nitrogens with zero attached hydrogens (tertiary/aromatic N) is 4. The number of carbonyl (C=O) groups is 1. The molecule has 0 aliphatic carbocycles. The molecule has 0 fully saturated rings. The highest BCUT2D eigenvalue weighted by Crippen LogP contribution is 2.27. The zero-order valence-electron chi connectivity index (χ0n) is 16.4. The van der Waals surface area contributed by atoms with Crippen molar-refractivity contribution in [2.75, 3.05) is 10.6 Å². The summed E-state index contributed by atoms with van der Waals surface area (Å²) in [5.74, 6) is 0.648. The van der Waals surface area contributed by atoms with E-state index in [0.717, 1.165) is 22.3 Å². The van der Waals surface area contributed by atoms with Crippen molar-refractivity contribution in [3.8, 4) is 0 Å². The van der Waals surface area contributed by atoms with Crippen LogP contribution in [0.2, 0.25) is 5.02 Å². The highest BCUT2D eigenvalue weighted by Gasteiger charge is 2.10. The second-order valence-electron chi connectivity index (χ2n) is 6.80. The number of benzene rings is 2. The lowest BCUT2D eigenvalue weighted by Crippen LogP contribution is -2.18. The third-order valence-electron chi connectivity index (χ3n) is 4.50. The van der Waals surface area contributed by atoms with E-state index in [9.17, 15) is 4.79 Å². The van der Waals surface area contributed by atoms with E-state index in [1.54, 1.807) is 22.6 Å². The third-order valence-corrected chi connectivity index (χ3v) is 4.73. The Morgan fingerprint density at radius 3 is 2.77 bits per heavy atom. The van der Waals surface area contributed by atoms with Crippen molar-refractivity contribution in [2.24, 2.45) is 0 Å². The van der Waals surface area contributed by atoms with Crippen LogP contribution in [0.4, 0.5) is 23.1 Å². The van der Waals surface area contributed by atoms with Gasteiger partial charge in [-0.05, 0) is 36.8 Å². The average Bonchev–Trinajstić information content (AvgIpc) is 3.20. The van der Waals surface area contributed by atoms with Crippen molar-refractivity contribution >= 4 is 51.6 Å². The maximum Gasteiger partial charge on any atom is 0.243 e. The fourth-order valence-corrected chi connectivity index (χ4v) is 3.26. The molecule has 4 N–H and O–H groups in total. The molecule has 0 atom stereocenters. The quantitative estimate of drug-likeness (QED) is 0.240. The van der Waals surface area contributed by atoms with Gasteiger partial charge in [0, 0.05) is 35.3 Å². The summed E-state index contributed by atoms with van der Waals surface area (Å²) in [6.45, 7) is 0.537. The van der Waals surface area contributed by atoms with Gasteiger partial charge in [-0.2, -0.15) is 10.1 Å². The van der Waals surface area contributed by atoms with Crippen molar-refractivity contribution < 1.29 is 10.0 Å². The van der Waals surface area contributed by atoms with Crippen LogP contribution in [0.3, 0.4) is 0 Å². The number of aromatic nitrogens is 4. The number of amides is 1. The minimum absolute atomic E-state index is 0.214. The zero-order valence-corrected chi connectivity index (χ0v) is 17.2. The van der Waals surface area contributed by atoms with Gasteiger partial charge in [-0.3, -0.25) is 14.7 Å². The maximum absolute atomic E-state index is 11.1. The third kappa shape index (κ3) is 5.27. The van der Waals surface area contributed by atoms with Gasteiger partial charge in [-0.15, -0.1) is 0 Å². The van der Waals surface area contributed by atoms with E-state index in [1.165, 1.54) is 0 Å². The Bertz CT molecular complexity index is 1210. The summed E-state index contributed by atoms with van der Waals surface area (Å²) < 4.78 is 1.71.